The number of ketones is 1. The van der Waals surface area contributed by atoms with Gasteiger partial charge >= 0.3 is 0 Å². The average Bonchev–Trinajstić information content (AvgIpc) is 3.36. The number of carbonyl (C=O) groups is 1. The van der Waals surface area contributed by atoms with Crippen LogP contribution in [0.4, 0.5) is 0 Å². The van der Waals surface area contributed by atoms with Gasteiger partial charge in [-0.05, 0) is 61.5 Å². The van der Waals surface area contributed by atoms with Gasteiger partial charge in [-0.25, -0.2) is 0 Å². The van der Waals surface area contributed by atoms with Crippen LogP contribution < -0.4 is 18.9 Å². The minimum Gasteiger partial charge on any atom is -0.497 e. The maximum absolute atomic E-state index is 13.0. The minimum atomic E-state index is -0.401. The van der Waals surface area contributed by atoms with Crippen LogP contribution in [0, 0.1) is 0 Å². The number of carbonyl (C=O) groups excluding carboxylic acids is 1. The van der Waals surface area contributed by atoms with Gasteiger partial charge in [0.05, 0.1) is 27.1 Å². The van der Waals surface area contributed by atoms with E-state index in [1.165, 1.54) is 11.8 Å². The SMILES string of the molecule is COc1ccc(OC(C)c2nnc(SCC(=O)c3ccc(OC)c(OC)c3)n2-c2ccccc2)cc1. The van der Waals surface area contributed by atoms with Gasteiger partial charge in [0.1, 0.15) is 11.5 Å². The molecule has 0 saturated carbocycles. The topological polar surface area (TPSA) is 84.7 Å². The third-order valence-corrected chi connectivity index (χ3v) is 6.38. The first-order valence-corrected chi connectivity index (χ1v) is 12.2. The number of nitrogens with zero attached hydrogens (tertiary/aromatic N) is 3. The molecule has 0 amide bonds. The van der Waals surface area contributed by atoms with E-state index >= 15 is 0 Å². The molecular formula is C27H27N3O5S. The molecule has 0 bridgehead atoms. The Morgan fingerprint density at radius 3 is 2.22 bits per heavy atom. The molecule has 0 saturated heterocycles. The highest BCUT2D eigenvalue weighted by Crippen LogP contribution is 2.31. The zero-order valence-electron chi connectivity index (χ0n) is 20.5. The molecule has 0 radical (unpaired) electrons. The van der Waals surface area contributed by atoms with Crippen LogP contribution in [0.15, 0.2) is 78.0 Å². The lowest BCUT2D eigenvalue weighted by Gasteiger charge is -2.17. The van der Waals surface area contributed by atoms with Crippen LogP contribution in [0.2, 0.25) is 0 Å². The van der Waals surface area contributed by atoms with E-state index < -0.39 is 6.10 Å². The van der Waals surface area contributed by atoms with Gasteiger partial charge in [-0.15, -0.1) is 10.2 Å². The molecule has 3 aromatic carbocycles. The second-order valence-electron chi connectivity index (χ2n) is 7.73. The zero-order chi connectivity index (χ0) is 25.5. The summed E-state index contributed by atoms with van der Waals surface area (Å²) in [5.74, 6) is 3.25. The first-order valence-electron chi connectivity index (χ1n) is 11.2. The van der Waals surface area contributed by atoms with Gasteiger partial charge in [-0.3, -0.25) is 9.36 Å². The summed E-state index contributed by atoms with van der Waals surface area (Å²) >= 11 is 1.31. The number of para-hydroxylation sites is 1. The summed E-state index contributed by atoms with van der Waals surface area (Å²) in [5.41, 5.74) is 1.41. The summed E-state index contributed by atoms with van der Waals surface area (Å²) in [5, 5.41) is 9.40. The highest BCUT2D eigenvalue weighted by atomic mass is 32.2. The molecule has 0 N–H and O–H groups in total. The van der Waals surface area contributed by atoms with Crippen molar-refractivity contribution in [2.24, 2.45) is 0 Å². The van der Waals surface area contributed by atoms with E-state index in [-0.39, 0.29) is 11.5 Å². The van der Waals surface area contributed by atoms with Crippen molar-refractivity contribution in [1.29, 1.82) is 0 Å². The van der Waals surface area contributed by atoms with Crippen LogP contribution in [0.1, 0.15) is 29.2 Å². The fourth-order valence-electron chi connectivity index (χ4n) is 3.59. The third-order valence-electron chi connectivity index (χ3n) is 5.45. The summed E-state index contributed by atoms with van der Waals surface area (Å²) in [7, 11) is 4.72. The van der Waals surface area contributed by atoms with E-state index in [1.807, 2.05) is 66.1 Å². The normalized spacial score (nSPS) is 11.6. The Morgan fingerprint density at radius 2 is 1.56 bits per heavy atom. The quantitative estimate of drug-likeness (QED) is 0.198. The van der Waals surface area contributed by atoms with Crippen molar-refractivity contribution in [3.63, 3.8) is 0 Å². The molecule has 0 fully saturated rings. The number of methoxy groups -OCH3 is 3. The van der Waals surface area contributed by atoms with Crippen molar-refractivity contribution in [3.05, 3.63) is 84.2 Å². The zero-order valence-corrected chi connectivity index (χ0v) is 21.3. The van der Waals surface area contributed by atoms with E-state index in [4.69, 9.17) is 18.9 Å². The Hall–Kier alpha value is -3.98. The van der Waals surface area contributed by atoms with Crippen LogP contribution >= 0.6 is 11.8 Å². The lowest BCUT2D eigenvalue weighted by molar-refractivity contribution is 0.102. The van der Waals surface area contributed by atoms with Crippen molar-refractivity contribution in [1.82, 2.24) is 14.8 Å². The second-order valence-corrected chi connectivity index (χ2v) is 8.67. The van der Waals surface area contributed by atoms with E-state index in [0.29, 0.717) is 33.8 Å². The molecule has 0 aliphatic rings. The molecule has 0 spiro atoms. The Labute approximate surface area is 214 Å². The summed E-state index contributed by atoms with van der Waals surface area (Å²) in [4.78, 5) is 13.0. The number of hydrogen-bond donors (Lipinski definition) is 0. The standard InChI is InChI=1S/C27H27N3O5S/c1-18(35-22-13-11-21(32-2)12-14-22)26-28-29-27(30(26)20-8-6-5-7-9-20)36-17-23(31)19-10-15-24(33-3)25(16-19)34-4/h5-16,18H,17H2,1-4H3. The van der Waals surface area contributed by atoms with Crippen LogP contribution in [0.25, 0.3) is 5.69 Å². The maximum atomic E-state index is 13.0. The molecule has 8 nitrogen and oxygen atoms in total. The van der Waals surface area contributed by atoms with E-state index in [1.54, 1.807) is 39.5 Å². The predicted molar refractivity (Wildman–Crippen MR) is 138 cm³/mol. The maximum Gasteiger partial charge on any atom is 0.196 e. The van der Waals surface area contributed by atoms with E-state index in [0.717, 1.165) is 11.4 Å². The molecule has 0 aliphatic carbocycles. The highest BCUT2D eigenvalue weighted by molar-refractivity contribution is 7.99. The Balaban J connectivity index is 1.56. The monoisotopic (exact) mass is 505 g/mol. The van der Waals surface area contributed by atoms with Crippen molar-refractivity contribution >= 4 is 17.5 Å². The number of thioether (sulfide) groups is 1. The number of Topliss-reactive ketones (excluding diaryl/α,β-unsaturated/α-hetero) is 1. The number of rotatable bonds is 11. The lowest BCUT2D eigenvalue weighted by Crippen LogP contribution is -2.12. The fraction of sp³-hybridized carbons (Fsp3) is 0.222. The van der Waals surface area contributed by atoms with Crippen LogP contribution in [0.5, 0.6) is 23.0 Å². The van der Waals surface area contributed by atoms with Gasteiger partial charge < -0.3 is 18.9 Å². The average molecular weight is 506 g/mol. The molecule has 186 valence electrons. The molecule has 4 rings (SSSR count). The summed E-state index contributed by atoms with van der Waals surface area (Å²) in [6.07, 6.45) is -0.401. The van der Waals surface area contributed by atoms with Crippen LogP contribution in [-0.4, -0.2) is 47.6 Å². The summed E-state index contributed by atoms with van der Waals surface area (Å²) < 4.78 is 23.9. The molecule has 0 aliphatic heterocycles. The van der Waals surface area contributed by atoms with Gasteiger partial charge in [-0.2, -0.15) is 0 Å². The highest BCUT2D eigenvalue weighted by Gasteiger charge is 2.22. The molecular weight excluding hydrogens is 478 g/mol. The van der Waals surface area contributed by atoms with Gasteiger partial charge in [-0.1, -0.05) is 30.0 Å². The first-order chi connectivity index (χ1) is 17.5. The Bertz CT molecular complexity index is 1310. The van der Waals surface area contributed by atoms with Crippen molar-refractivity contribution in [2.75, 3.05) is 27.1 Å². The summed E-state index contributed by atoms with van der Waals surface area (Å²) in [6, 6.07) is 22.2. The third kappa shape index (κ3) is 5.63. The fourth-order valence-corrected chi connectivity index (χ4v) is 4.45. The second kappa shape index (κ2) is 11.6. The molecule has 1 heterocycles. The summed E-state index contributed by atoms with van der Waals surface area (Å²) in [6.45, 7) is 1.91. The molecule has 1 atom stereocenters. The smallest absolute Gasteiger partial charge is 0.196 e. The number of ether oxygens (including phenoxy) is 4. The first kappa shape index (κ1) is 25.1. The molecule has 4 aromatic rings. The van der Waals surface area contributed by atoms with Crippen molar-refractivity contribution in [3.8, 4) is 28.7 Å². The Morgan fingerprint density at radius 1 is 0.861 bits per heavy atom. The van der Waals surface area contributed by atoms with Gasteiger partial charge in [0, 0.05) is 11.3 Å². The van der Waals surface area contributed by atoms with Crippen LogP contribution in [0.3, 0.4) is 0 Å². The van der Waals surface area contributed by atoms with E-state index in [2.05, 4.69) is 10.2 Å². The largest absolute Gasteiger partial charge is 0.497 e. The van der Waals surface area contributed by atoms with Crippen LogP contribution in [-0.2, 0) is 0 Å². The van der Waals surface area contributed by atoms with E-state index in [9.17, 15) is 4.79 Å². The van der Waals surface area contributed by atoms with Gasteiger partial charge in [0.25, 0.3) is 0 Å². The minimum absolute atomic E-state index is 0.0624. The lowest BCUT2D eigenvalue weighted by atomic mass is 10.1. The number of benzene rings is 3. The predicted octanol–water partition coefficient (Wildman–Crippen LogP) is 5.41. The van der Waals surface area contributed by atoms with Crippen molar-refractivity contribution in [2.45, 2.75) is 18.2 Å². The molecule has 9 heteroatoms. The molecule has 1 unspecified atom stereocenters. The van der Waals surface area contributed by atoms with Crippen molar-refractivity contribution < 1.29 is 23.7 Å². The Kier molecular flexibility index (Phi) is 8.12. The molecule has 1 aromatic heterocycles. The molecule has 36 heavy (non-hydrogen) atoms. The van der Waals surface area contributed by atoms with Gasteiger partial charge in [0.2, 0.25) is 0 Å². The number of aromatic nitrogens is 3. The number of hydrogen-bond acceptors (Lipinski definition) is 8. The van der Waals surface area contributed by atoms with Gasteiger partial charge in [0.15, 0.2) is 34.4 Å².